The van der Waals surface area contributed by atoms with E-state index in [9.17, 15) is 15.0 Å². The number of rotatable bonds is 2. The van der Waals surface area contributed by atoms with E-state index < -0.39 is 5.91 Å². The van der Waals surface area contributed by atoms with Crippen LogP contribution in [0.1, 0.15) is 36.7 Å². The lowest BCUT2D eigenvalue weighted by Crippen LogP contribution is -2.15. The van der Waals surface area contributed by atoms with Gasteiger partial charge in [0.2, 0.25) is 0 Å². The minimum Gasteiger partial charge on any atom is -0.506 e. The van der Waals surface area contributed by atoms with E-state index in [1.165, 1.54) is 12.3 Å². The minimum atomic E-state index is -0.445. The van der Waals surface area contributed by atoms with Gasteiger partial charge in [-0.05, 0) is 23.6 Å². The minimum absolute atomic E-state index is 0.0104. The van der Waals surface area contributed by atoms with Gasteiger partial charge in [0, 0.05) is 18.0 Å². The molecule has 1 aromatic heterocycles. The van der Waals surface area contributed by atoms with Gasteiger partial charge in [0.25, 0.3) is 5.91 Å². The summed E-state index contributed by atoms with van der Waals surface area (Å²) in [6, 6.07) is 6.34. The molecular formula is C16H18N2O3. The summed E-state index contributed by atoms with van der Waals surface area (Å²) >= 11 is 0. The highest BCUT2D eigenvalue weighted by atomic mass is 16.3. The maximum absolute atomic E-state index is 12.1. The molecule has 21 heavy (non-hydrogen) atoms. The standard InChI is InChI=1S/C16H18N2O3/c1-16(2,3)11-6-7-12(19)13(14(11)20)18-15(21)10-5-4-8-17-9-10/h4-9,19-20H,1-3H3,(H,18,21). The lowest BCUT2D eigenvalue weighted by atomic mass is 9.86. The summed E-state index contributed by atoms with van der Waals surface area (Å²) in [7, 11) is 0. The molecule has 2 aromatic rings. The van der Waals surface area contributed by atoms with Crippen LogP contribution in [0.2, 0.25) is 0 Å². The fourth-order valence-corrected chi connectivity index (χ4v) is 1.99. The smallest absolute Gasteiger partial charge is 0.257 e. The first-order valence-corrected chi connectivity index (χ1v) is 6.57. The van der Waals surface area contributed by atoms with Gasteiger partial charge in [0.15, 0.2) is 0 Å². The third-order valence-electron chi connectivity index (χ3n) is 3.13. The van der Waals surface area contributed by atoms with Crippen LogP contribution in [0.4, 0.5) is 5.69 Å². The van der Waals surface area contributed by atoms with Crippen molar-refractivity contribution < 1.29 is 15.0 Å². The number of phenolic OH excluding ortho intramolecular Hbond substituents is 2. The average molecular weight is 286 g/mol. The molecule has 0 bridgehead atoms. The van der Waals surface area contributed by atoms with Crippen molar-refractivity contribution in [3.63, 3.8) is 0 Å². The van der Waals surface area contributed by atoms with E-state index in [1.807, 2.05) is 20.8 Å². The number of anilines is 1. The molecule has 0 saturated carbocycles. The number of carbonyl (C=O) groups excluding carboxylic acids is 1. The Morgan fingerprint density at radius 3 is 2.48 bits per heavy atom. The first-order valence-electron chi connectivity index (χ1n) is 6.57. The largest absolute Gasteiger partial charge is 0.506 e. The second kappa shape index (κ2) is 5.44. The van der Waals surface area contributed by atoms with Crippen molar-refractivity contribution in [1.29, 1.82) is 0 Å². The molecule has 110 valence electrons. The number of aromatic nitrogens is 1. The molecule has 0 saturated heterocycles. The number of aromatic hydroxyl groups is 2. The Bertz CT molecular complexity index is 661. The number of nitrogens with one attached hydrogen (secondary N) is 1. The average Bonchev–Trinajstić information content (AvgIpc) is 2.42. The maximum atomic E-state index is 12.1. The van der Waals surface area contributed by atoms with E-state index in [1.54, 1.807) is 24.4 Å². The zero-order valence-electron chi connectivity index (χ0n) is 12.2. The van der Waals surface area contributed by atoms with Gasteiger partial charge in [0.05, 0.1) is 5.56 Å². The fourth-order valence-electron chi connectivity index (χ4n) is 1.99. The predicted molar refractivity (Wildman–Crippen MR) is 80.7 cm³/mol. The van der Waals surface area contributed by atoms with Gasteiger partial charge in [-0.25, -0.2) is 0 Å². The molecule has 0 aliphatic carbocycles. The van der Waals surface area contributed by atoms with Gasteiger partial charge in [0.1, 0.15) is 17.2 Å². The second-order valence-electron chi connectivity index (χ2n) is 5.80. The summed E-state index contributed by atoms with van der Waals surface area (Å²) in [5.74, 6) is -0.753. The molecule has 1 heterocycles. The van der Waals surface area contributed by atoms with Crippen molar-refractivity contribution in [2.24, 2.45) is 0 Å². The van der Waals surface area contributed by atoms with Crippen molar-refractivity contribution in [2.75, 3.05) is 5.32 Å². The second-order valence-corrected chi connectivity index (χ2v) is 5.80. The van der Waals surface area contributed by atoms with Crippen molar-refractivity contribution in [2.45, 2.75) is 26.2 Å². The quantitative estimate of drug-likeness (QED) is 0.741. The number of nitrogens with zero attached hydrogens (tertiary/aromatic N) is 1. The summed E-state index contributed by atoms with van der Waals surface area (Å²) < 4.78 is 0. The molecule has 1 amide bonds. The van der Waals surface area contributed by atoms with Crippen LogP contribution >= 0.6 is 0 Å². The normalized spacial score (nSPS) is 11.2. The molecule has 0 atom stereocenters. The van der Waals surface area contributed by atoms with Crippen LogP contribution in [-0.2, 0) is 5.41 Å². The van der Waals surface area contributed by atoms with E-state index in [0.717, 1.165) is 0 Å². The topological polar surface area (TPSA) is 82.5 Å². The molecule has 1 aromatic carbocycles. The zero-order chi connectivity index (χ0) is 15.6. The summed E-state index contributed by atoms with van der Waals surface area (Å²) in [6.07, 6.45) is 2.98. The molecular weight excluding hydrogens is 268 g/mol. The van der Waals surface area contributed by atoms with Crippen LogP contribution in [0, 0.1) is 0 Å². The highest BCUT2D eigenvalue weighted by molar-refractivity contribution is 6.05. The Hall–Kier alpha value is -2.56. The summed E-state index contributed by atoms with van der Waals surface area (Å²) in [5, 5.41) is 22.7. The van der Waals surface area contributed by atoms with E-state index in [-0.39, 0.29) is 22.6 Å². The van der Waals surface area contributed by atoms with Gasteiger partial charge in [-0.1, -0.05) is 26.8 Å². The molecule has 5 nitrogen and oxygen atoms in total. The molecule has 0 radical (unpaired) electrons. The number of hydrogen-bond donors (Lipinski definition) is 3. The Balaban J connectivity index is 2.39. The van der Waals surface area contributed by atoms with E-state index >= 15 is 0 Å². The molecule has 0 unspecified atom stereocenters. The van der Waals surface area contributed by atoms with Crippen LogP contribution in [0.3, 0.4) is 0 Å². The molecule has 3 N–H and O–H groups in total. The lowest BCUT2D eigenvalue weighted by Gasteiger charge is -2.22. The molecule has 0 fully saturated rings. The Labute approximate surface area is 123 Å². The fraction of sp³-hybridized carbons (Fsp3) is 0.250. The van der Waals surface area contributed by atoms with E-state index in [4.69, 9.17) is 0 Å². The number of hydrogen-bond acceptors (Lipinski definition) is 4. The van der Waals surface area contributed by atoms with E-state index in [0.29, 0.717) is 11.1 Å². The summed E-state index contributed by atoms with van der Waals surface area (Å²) in [5.41, 5.74) is 0.682. The third-order valence-corrected chi connectivity index (χ3v) is 3.13. The van der Waals surface area contributed by atoms with Gasteiger partial charge < -0.3 is 15.5 Å². The van der Waals surface area contributed by atoms with Crippen molar-refractivity contribution in [1.82, 2.24) is 4.98 Å². The maximum Gasteiger partial charge on any atom is 0.257 e. The van der Waals surface area contributed by atoms with Crippen LogP contribution in [-0.4, -0.2) is 21.1 Å². The number of benzene rings is 1. The summed E-state index contributed by atoms with van der Waals surface area (Å²) in [4.78, 5) is 16.0. The molecule has 2 rings (SSSR count). The van der Waals surface area contributed by atoms with Crippen molar-refractivity contribution in [3.8, 4) is 11.5 Å². The van der Waals surface area contributed by atoms with Crippen LogP contribution in [0.25, 0.3) is 0 Å². The molecule has 0 spiro atoms. The first kappa shape index (κ1) is 14.8. The highest BCUT2D eigenvalue weighted by Crippen LogP contribution is 2.41. The zero-order valence-corrected chi connectivity index (χ0v) is 12.2. The molecule has 5 heteroatoms. The van der Waals surface area contributed by atoms with Crippen LogP contribution in [0.5, 0.6) is 11.5 Å². The first-order chi connectivity index (χ1) is 9.80. The van der Waals surface area contributed by atoms with Crippen molar-refractivity contribution >= 4 is 11.6 Å². The Morgan fingerprint density at radius 2 is 1.90 bits per heavy atom. The van der Waals surface area contributed by atoms with Gasteiger partial charge in [-0.3, -0.25) is 9.78 Å². The van der Waals surface area contributed by atoms with Gasteiger partial charge in [-0.2, -0.15) is 0 Å². The molecule has 0 aliphatic rings. The number of phenols is 2. The van der Waals surface area contributed by atoms with Gasteiger partial charge >= 0.3 is 0 Å². The Morgan fingerprint density at radius 1 is 1.19 bits per heavy atom. The number of amides is 1. The Kier molecular flexibility index (Phi) is 3.84. The third kappa shape index (κ3) is 3.13. The highest BCUT2D eigenvalue weighted by Gasteiger charge is 2.23. The monoisotopic (exact) mass is 286 g/mol. The molecule has 0 aliphatic heterocycles. The SMILES string of the molecule is CC(C)(C)c1ccc(O)c(NC(=O)c2cccnc2)c1O. The lowest BCUT2D eigenvalue weighted by molar-refractivity contribution is 0.102. The predicted octanol–water partition coefficient (Wildman–Crippen LogP) is 3.04. The number of pyridine rings is 1. The number of carbonyl (C=O) groups is 1. The van der Waals surface area contributed by atoms with Crippen LogP contribution in [0.15, 0.2) is 36.7 Å². The summed E-state index contributed by atoms with van der Waals surface area (Å²) in [6.45, 7) is 5.81. The van der Waals surface area contributed by atoms with E-state index in [2.05, 4.69) is 10.3 Å². The van der Waals surface area contributed by atoms with Crippen molar-refractivity contribution in [3.05, 3.63) is 47.8 Å². The van der Waals surface area contributed by atoms with Crippen LogP contribution < -0.4 is 5.32 Å². The van der Waals surface area contributed by atoms with Gasteiger partial charge in [-0.15, -0.1) is 0 Å².